The number of benzene rings is 2. The molecule has 0 aliphatic heterocycles. The molecule has 0 aliphatic carbocycles. The molecule has 0 radical (unpaired) electrons. The quantitative estimate of drug-likeness (QED) is 0.524. The van der Waals surface area contributed by atoms with Crippen molar-refractivity contribution in [3.63, 3.8) is 0 Å². The van der Waals surface area contributed by atoms with Crippen molar-refractivity contribution in [2.75, 3.05) is 30.9 Å². The number of rotatable bonds is 5. The zero-order valence-electron chi connectivity index (χ0n) is 16.3. The number of hydrogen-bond donors (Lipinski definition) is 5. The number of phenolic OH excluding ortho intramolecular Hbond substituents is 2. The second-order valence-corrected chi connectivity index (χ2v) is 6.60. The summed E-state index contributed by atoms with van der Waals surface area (Å²) in [5.41, 5.74) is 14.3. The Hall–Kier alpha value is -2.44. The fraction of sp³-hybridized carbons (Fsp3) is 0.400. The topological polar surface area (TPSA) is 108 Å². The van der Waals surface area contributed by atoms with E-state index in [0.717, 1.165) is 23.5 Å². The van der Waals surface area contributed by atoms with Gasteiger partial charge in [-0.2, -0.15) is 0 Å². The van der Waals surface area contributed by atoms with Crippen molar-refractivity contribution >= 4 is 11.4 Å². The average Bonchev–Trinajstić information content (AvgIpc) is 2.55. The van der Waals surface area contributed by atoms with Gasteiger partial charge in [-0.25, -0.2) is 0 Å². The smallest absolute Gasteiger partial charge is 0.125 e. The van der Waals surface area contributed by atoms with Crippen LogP contribution < -0.4 is 21.7 Å². The van der Waals surface area contributed by atoms with Crippen LogP contribution in [-0.2, 0) is 0 Å². The molecule has 0 heterocycles. The van der Waals surface area contributed by atoms with Gasteiger partial charge in [-0.05, 0) is 48.4 Å². The molecule has 2 aromatic rings. The molecule has 26 heavy (non-hydrogen) atoms. The Kier molecular flexibility index (Phi) is 8.22. The van der Waals surface area contributed by atoms with Gasteiger partial charge in [-0.3, -0.25) is 0 Å². The highest BCUT2D eigenvalue weighted by Gasteiger charge is 2.16. The van der Waals surface area contributed by atoms with E-state index in [1.54, 1.807) is 6.07 Å². The number of nitrogens with two attached hydrogens (primary N) is 2. The van der Waals surface area contributed by atoms with Gasteiger partial charge in [0.1, 0.15) is 17.7 Å². The van der Waals surface area contributed by atoms with Crippen LogP contribution in [0.4, 0.5) is 11.4 Å². The van der Waals surface area contributed by atoms with E-state index in [2.05, 4.69) is 5.32 Å². The predicted octanol–water partition coefficient (Wildman–Crippen LogP) is 3.32. The summed E-state index contributed by atoms with van der Waals surface area (Å²) in [4.78, 5) is 2.02. The molecule has 0 fully saturated rings. The maximum absolute atomic E-state index is 10.1. The number of phenols is 2. The monoisotopic (exact) mass is 360 g/mol. The second kappa shape index (κ2) is 9.89. The average molecular weight is 361 g/mol. The highest BCUT2D eigenvalue weighted by Crippen LogP contribution is 2.34. The summed E-state index contributed by atoms with van der Waals surface area (Å²) >= 11 is 0. The van der Waals surface area contributed by atoms with Crippen molar-refractivity contribution < 1.29 is 10.2 Å². The summed E-state index contributed by atoms with van der Waals surface area (Å²) in [5.74, 6) is 0.210. The lowest BCUT2D eigenvalue weighted by Gasteiger charge is -2.20. The van der Waals surface area contributed by atoms with Gasteiger partial charge in [0.15, 0.2) is 0 Å². The van der Waals surface area contributed by atoms with Crippen molar-refractivity contribution in [2.24, 2.45) is 11.5 Å². The van der Waals surface area contributed by atoms with Crippen LogP contribution in [0.15, 0.2) is 36.4 Å². The zero-order chi connectivity index (χ0) is 19.9. The first-order valence-corrected chi connectivity index (χ1v) is 8.76. The van der Waals surface area contributed by atoms with E-state index in [0.29, 0.717) is 5.56 Å². The lowest BCUT2D eigenvalue weighted by Crippen LogP contribution is -2.20. The molecule has 6 nitrogen and oxygen atoms in total. The zero-order valence-corrected chi connectivity index (χ0v) is 16.3. The van der Waals surface area contributed by atoms with Crippen molar-refractivity contribution in [3.05, 3.63) is 47.5 Å². The third kappa shape index (κ3) is 5.82. The first-order valence-electron chi connectivity index (χ1n) is 8.76. The van der Waals surface area contributed by atoms with E-state index in [9.17, 15) is 10.2 Å². The highest BCUT2D eigenvalue weighted by molar-refractivity contribution is 5.56. The van der Waals surface area contributed by atoms with Crippen LogP contribution in [0.25, 0.3) is 0 Å². The van der Waals surface area contributed by atoms with Gasteiger partial charge in [-0.1, -0.05) is 20.8 Å². The van der Waals surface area contributed by atoms with Gasteiger partial charge >= 0.3 is 0 Å². The Morgan fingerprint density at radius 3 is 1.96 bits per heavy atom. The summed E-state index contributed by atoms with van der Waals surface area (Å²) in [5, 5.41) is 23.2. The summed E-state index contributed by atoms with van der Waals surface area (Å²) in [6.07, 6.45) is -0.571. The van der Waals surface area contributed by atoms with Crippen LogP contribution in [-0.4, -0.2) is 30.9 Å². The largest absolute Gasteiger partial charge is 0.508 e. The number of nitrogens with zero attached hydrogens (tertiary/aromatic N) is 1. The van der Waals surface area contributed by atoms with Gasteiger partial charge in [-0.15, -0.1) is 0 Å². The van der Waals surface area contributed by atoms with Crippen LogP contribution in [0.1, 0.15) is 44.0 Å². The lowest BCUT2D eigenvalue weighted by atomic mass is 9.98. The number of nitrogens with one attached hydrogen (secondary N) is 1. The third-order valence-electron chi connectivity index (χ3n) is 3.84. The molecule has 0 aromatic heterocycles. The molecule has 1 unspecified atom stereocenters. The molecule has 6 heteroatoms. The number of hydrogen-bond acceptors (Lipinski definition) is 6. The summed E-state index contributed by atoms with van der Waals surface area (Å²) in [7, 11) is 3.96. The molecule has 1 atom stereocenters. The molecule has 144 valence electrons. The SMILES string of the molecule is CC(C)c1cc(C(N)Nc2ccc(N(C)C)cc2)c(O)cc1O.CCN. The molecule has 2 rings (SSSR count). The van der Waals surface area contributed by atoms with E-state index in [1.807, 2.05) is 64.0 Å². The fourth-order valence-corrected chi connectivity index (χ4v) is 2.44. The van der Waals surface area contributed by atoms with Crippen LogP contribution in [0.3, 0.4) is 0 Å². The molecule has 7 N–H and O–H groups in total. The number of aromatic hydroxyl groups is 2. The molecule has 0 amide bonds. The summed E-state index contributed by atoms with van der Waals surface area (Å²) in [6.45, 7) is 6.61. The van der Waals surface area contributed by atoms with E-state index in [4.69, 9.17) is 11.5 Å². The Labute approximate surface area is 156 Å². The first kappa shape index (κ1) is 21.6. The Bertz CT molecular complexity index is 685. The summed E-state index contributed by atoms with van der Waals surface area (Å²) < 4.78 is 0. The van der Waals surface area contributed by atoms with E-state index < -0.39 is 6.17 Å². The molecular formula is C20H32N4O2. The van der Waals surface area contributed by atoms with E-state index in [1.165, 1.54) is 6.07 Å². The molecule has 0 aliphatic rings. The van der Waals surface area contributed by atoms with Crippen molar-refractivity contribution in [1.29, 1.82) is 0 Å². The van der Waals surface area contributed by atoms with Gasteiger partial charge in [0.25, 0.3) is 0 Å². The Morgan fingerprint density at radius 2 is 1.50 bits per heavy atom. The molecular weight excluding hydrogens is 328 g/mol. The maximum atomic E-state index is 10.1. The van der Waals surface area contributed by atoms with Crippen molar-refractivity contribution in [3.8, 4) is 11.5 Å². The number of anilines is 2. The first-order chi connectivity index (χ1) is 12.2. The van der Waals surface area contributed by atoms with E-state index >= 15 is 0 Å². The van der Waals surface area contributed by atoms with Crippen LogP contribution in [0.5, 0.6) is 11.5 Å². The molecule has 2 aromatic carbocycles. The molecule has 0 spiro atoms. The predicted molar refractivity (Wildman–Crippen MR) is 110 cm³/mol. The minimum atomic E-state index is -0.571. The Morgan fingerprint density at radius 1 is 1.00 bits per heavy atom. The van der Waals surface area contributed by atoms with Crippen LogP contribution in [0.2, 0.25) is 0 Å². The summed E-state index contributed by atoms with van der Waals surface area (Å²) in [6, 6.07) is 11.0. The van der Waals surface area contributed by atoms with E-state index in [-0.39, 0.29) is 17.4 Å². The van der Waals surface area contributed by atoms with Gasteiger partial charge in [0.05, 0.1) is 0 Å². The van der Waals surface area contributed by atoms with Crippen LogP contribution in [0, 0.1) is 0 Å². The Balaban J connectivity index is 0.00000105. The molecule has 0 saturated heterocycles. The second-order valence-electron chi connectivity index (χ2n) is 6.60. The normalized spacial score (nSPS) is 11.5. The van der Waals surface area contributed by atoms with Gasteiger partial charge in [0, 0.05) is 37.1 Å². The van der Waals surface area contributed by atoms with Crippen LogP contribution >= 0.6 is 0 Å². The minimum absolute atomic E-state index is 0.0168. The highest BCUT2D eigenvalue weighted by atomic mass is 16.3. The molecule has 0 bridgehead atoms. The molecule has 0 saturated carbocycles. The maximum Gasteiger partial charge on any atom is 0.125 e. The minimum Gasteiger partial charge on any atom is -0.508 e. The van der Waals surface area contributed by atoms with Gasteiger partial charge < -0.3 is 31.9 Å². The lowest BCUT2D eigenvalue weighted by molar-refractivity contribution is 0.437. The van der Waals surface area contributed by atoms with Crippen molar-refractivity contribution in [2.45, 2.75) is 32.9 Å². The fourth-order valence-electron chi connectivity index (χ4n) is 2.44. The van der Waals surface area contributed by atoms with Gasteiger partial charge in [0.2, 0.25) is 0 Å². The van der Waals surface area contributed by atoms with Crippen molar-refractivity contribution in [1.82, 2.24) is 0 Å². The third-order valence-corrected chi connectivity index (χ3v) is 3.84. The standard InChI is InChI=1S/C18H25N3O2.C2H7N/c1-11(2)14-9-15(17(23)10-16(14)22)18(19)20-12-5-7-13(8-6-12)21(3)4;1-2-3/h5-11,18,20,22-23H,19H2,1-4H3;2-3H2,1H3.